The quantitative estimate of drug-likeness (QED) is 0.408. The molecule has 1 aliphatic carbocycles. The Morgan fingerprint density at radius 1 is 1.02 bits per heavy atom. The Kier molecular flexibility index (Phi) is 9.02. The molecule has 1 N–H and O–H groups in total. The van der Waals surface area contributed by atoms with E-state index >= 15 is 0 Å². The highest BCUT2D eigenvalue weighted by molar-refractivity contribution is 5.95. The molecule has 1 aromatic heterocycles. The van der Waals surface area contributed by atoms with Crippen LogP contribution in [0.1, 0.15) is 75.0 Å². The van der Waals surface area contributed by atoms with Crippen LogP contribution in [-0.4, -0.2) is 106 Å². The number of likely N-dealkylation sites (tertiary alicyclic amines) is 1. The highest BCUT2D eigenvalue weighted by Crippen LogP contribution is 2.47. The van der Waals surface area contributed by atoms with Gasteiger partial charge in [0, 0.05) is 59.0 Å². The Bertz CT molecular complexity index is 1580. The summed E-state index contributed by atoms with van der Waals surface area (Å²) >= 11 is 0. The maximum Gasteiger partial charge on any atom is 0.253 e. The molecule has 236 valence electrons. The molecule has 5 rings (SSSR count). The Hall–Kier alpha value is -4.63. The molecule has 12 nitrogen and oxygen atoms in total. The van der Waals surface area contributed by atoms with Crippen molar-refractivity contribution in [2.45, 2.75) is 56.5 Å². The summed E-state index contributed by atoms with van der Waals surface area (Å²) in [5.41, 5.74) is 4.26. The number of benzene rings is 2. The van der Waals surface area contributed by atoms with Gasteiger partial charge in [0.2, 0.25) is 5.91 Å². The fourth-order valence-corrected chi connectivity index (χ4v) is 6.87. The number of hydrogen-bond donors (Lipinski definition) is 1. The van der Waals surface area contributed by atoms with Crippen molar-refractivity contribution in [1.82, 2.24) is 40.2 Å². The zero-order valence-electron chi connectivity index (χ0n) is 26.9. The summed E-state index contributed by atoms with van der Waals surface area (Å²) in [5.74, 6) is 0.348. The van der Waals surface area contributed by atoms with Gasteiger partial charge in [-0.25, -0.2) is 4.68 Å². The number of rotatable bonds is 8. The van der Waals surface area contributed by atoms with E-state index in [1.165, 1.54) is 0 Å². The summed E-state index contributed by atoms with van der Waals surface area (Å²) < 4.78 is 1.68. The van der Waals surface area contributed by atoms with Crippen molar-refractivity contribution in [3.05, 3.63) is 75.6 Å². The largest absolute Gasteiger partial charge is 0.345 e. The van der Waals surface area contributed by atoms with Crippen molar-refractivity contribution in [3.63, 3.8) is 0 Å². The molecule has 3 aromatic rings. The normalized spacial score (nSPS) is 17.4. The molecule has 2 aromatic carbocycles. The highest BCUT2D eigenvalue weighted by atomic mass is 16.2. The molecule has 12 heteroatoms. The molecule has 1 aliphatic heterocycles. The lowest BCUT2D eigenvalue weighted by atomic mass is 9.67. The summed E-state index contributed by atoms with van der Waals surface area (Å²) in [6.07, 6.45) is 3.30. The van der Waals surface area contributed by atoms with Crippen molar-refractivity contribution >= 4 is 17.7 Å². The van der Waals surface area contributed by atoms with Gasteiger partial charge in [0.1, 0.15) is 6.04 Å². The van der Waals surface area contributed by atoms with E-state index in [0.717, 1.165) is 28.7 Å². The van der Waals surface area contributed by atoms with Gasteiger partial charge >= 0.3 is 0 Å². The number of nitrogens with zero attached hydrogens (tertiary/aromatic N) is 8. The minimum atomic E-state index is -0.878. The Morgan fingerprint density at radius 2 is 1.60 bits per heavy atom. The van der Waals surface area contributed by atoms with Crippen molar-refractivity contribution in [2.75, 3.05) is 41.3 Å². The van der Waals surface area contributed by atoms with Gasteiger partial charge in [0.05, 0.1) is 18.0 Å². The van der Waals surface area contributed by atoms with Crippen LogP contribution in [0.4, 0.5) is 0 Å². The summed E-state index contributed by atoms with van der Waals surface area (Å²) in [4.78, 5) is 44.0. The Balaban J connectivity index is 1.64. The predicted molar refractivity (Wildman–Crippen MR) is 167 cm³/mol. The van der Waals surface area contributed by atoms with E-state index in [1.807, 2.05) is 50.4 Å². The Labute approximate surface area is 264 Å². The second kappa shape index (κ2) is 12.8. The number of nitriles is 1. The third-order valence-corrected chi connectivity index (χ3v) is 9.04. The fourth-order valence-electron chi connectivity index (χ4n) is 6.87. The van der Waals surface area contributed by atoms with E-state index in [2.05, 4.69) is 26.9 Å². The molecule has 2 atom stereocenters. The van der Waals surface area contributed by atoms with Crippen molar-refractivity contribution in [2.24, 2.45) is 7.05 Å². The van der Waals surface area contributed by atoms with E-state index in [0.29, 0.717) is 49.2 Å². The maximum absolute atomic E-state index is 13.1. The standard InChI is InChI=1S/C33H41N9O3/c1-21(35-20-29(43)42-15-7-8-26(42)19-34)18-33(32-36-37-38-41(32)6)27-13-11-24(30(44)39(2)3)16-22(27)9-10-23-17-25(12-14-28(23)33)31(45)40(4)5/h11-14,16-17,21,26,35H,7-10,15,18,20H2,1-6H3/t21-,26+/m1/s1. The lowest BCUT2D eigenvalue weighted by Gasteiger charge is -2.37. The summed E-state index contributed by atoms with van der Waals surface area (Å²) in [6.45, 7) is 2.71. The molecular weight excluding hydrogens is 570 g/mol. The first-order chi connectivity index (χ1) is 21.5. The first kappa shape index (κ1) is 31.8. The Morgan fingerprint density at radius 3 is 2.09 bits per heavy atom. The van der Waals surface area contributed by atoms with Gasteiger partial charge in [-0.15, -0.1) is 5.10 Å². The molecule has 0 radical (unpaired) electrons. The summed E-state index contributed by atoms with van der Waals surface area (Å²) in [5, 5.41) is 25.8. The first-order valence-electron chi connectivity index (χ1n) is 15.3. The summed E-state index contributed by atoms with van der Waals surface area (Å²) in [6, 6.07) is 13.3. The van der Waals surface area contributed by atoms with Crippen molar-refractivity contribution < 1.29 is 14.4 Å². The first-order valence-corrected chi connectivity index (χ1v) is 15.3. The monoisotopic (exact) mass is 611 g/mol. The third-order valence-electron chi connectivity index (χ3n) is 9.04. The molecule has 0 unspecified atom stereocenters. The molecule has 2 heterocycles. The lowest BCUT2D eigenvalue weighted by molar-refractivity contribution is -0.130. The van der Waals surface area contributed by atoms with Gasteiger partial charge in [-0.2, -0.15) is 5.26 Å². The van der Waals surface area contributed by atoms with E-state index in [4.69, 9.17) is 0 Å². The molecule has 45 heavy (non-hydrogen) atoms. The van der Waals surface area contributed by atoms with Crippen LogP contribution >= 0.6 is 0 Å². The number of carbonyl (C=O) groups excluding carboxylic acids is 3. The van der Waals surface area contributed by atoms with Gasteiger partial charge in [-0.1, -0.05) is 12.1 Å². The third kappa shape index (κ3) is 5.92. The van der Waals surface area contributed by atoms with Crippen LogP contribution in [0, 0.1) is 11.3 Å². The van der Waals surface area contributed by atoms with Crippen LogP contribution in [0.2, 0.25) is 0 Å². The van der Waals surface area contributed by atoms with Gasteiger partial charge in [0.25, 0.3) is 11.8 Å². The average Bonchev–Trinajstić information content (AvgIpc) is 3.67. The van der Waals surface area contributed by atoms with Gasteiger partial charge in [0.15, 0.2) is 5.82 Å². The highest BCUT2D eigenvalue weighted by Gasteiger charge is 2.46. The van der Waals surface area contributed by atoms with Crippen LogP contribution < -0.4 is 5.32 Å². The van der Waals surface area contributed by atoms with Crippen LogP contribution in [0.3, 0.4) is 0 Å². The van der Waals surface area contributed by atoms with Crippen molar-refractivity contribution in [3.8, 4) is 6.07 Å². The smallest absolute Gasteiger partial charge is 0.253 e. The van der Waals surface area contributed by atoms with E-state index in [1.54, 1.807) is 47.6 Å². The van der Waals surface area contributed by atoms with Crippen LogP contribution in [0.15, 0.2) is 36.4 Å². The van der Waals surface area contributed by atoms with Gasteiger partial charge in [-0.05, 0) is 96.0 Å². The lowest BCUT2D eigenvalue weighted by Crippen LogP contribution is -2.46. The molecule has 1 fully saturated rings. The number of aryl methyl sites for hydroxylation is 3. The number of fused-ring (bicyclic) bond motifs is 2. The van der Waals surface area contributed by atoms with Gasteiger partial charge < -0.3 is 20.0 Å². The minimum Gasteiger partial charge on any atom is -0.345 e. The van der Waals surface area contributed by atoms with E-state index in [-0.39, 0.29) is 36.3 Å². The molecule has 1 saturated heterocycles. The zero-order chi connectivity index (χ0) is 32.5. The molecule has 0 saturated carbocycles. The molecule has 3 amide bonds. The molecule has 0 bridgehead atoms. The number of hydrogen-bond acceptors (Lipinski definition) is 8. The average molecular weight is 612 g/mol. The van der Waals surface area contributed by atoms with Crippen molar-refractivity contribution in [1.29, 1.82) is 5.26 Å². The second-order valence-electron chi connectivity index (χ2n) is 12.5. The molecule has 0 spiro atoms. The zero-order valence-corrected chi connectivity index (χ0v) is 26.9. The second-order valence-corrected chi connectivity index (χ2v) is 12.5. The number of carbonyl (C=O) groups is 3. The number of nitrogens with one attached hydrogen (secondary N) is 1. The molecule has 2 aliphatic rings. The van der Waals surface area contributed by atoms with E-state index in [9.17, 15) is 19.6 Å². The SMILES string of the molecule is C[C@H](CC1(c2nnnn2C)c2ccc(C(=O)N(C)C)cc2CCc2cc(C(=O)N(C)C)ccc21)NCC(=O)N1CCC[C@H]1C#N. The van der Waals surface area contributed by atoms with Crippen LogP contribution in [0.5, 0.6) is 0 Å². The minimum absolute atomic E-state index is 0.0875. The van der Waals surface area contributed by atoms with Crippen LogP contribution in [-0.2, 0) is 30.1 Å². The topological polar surface area (TPSA) is 140 Å². The van der Waals surface area contributed by atoms with Gasteiger partial charge in [-0.3, -0.25) is 14.4 Å². The molecular formula is C33H41N9O3. The predicted octanol–water partition coefficient (Wildman–Crippen LogP) is 1.93. The van der Waals surface area contributed by atoms with E-state index < -0.39 is 5.41 Å². The fraction of sp³-hybridized carbons (Fsp3) is 0.485. The van der Waals surface area contributed by atoms with Crippen LogP contribution in [0.25, 0.3) is 0 Å². The number of tetrazole rings is 1. The summed E-state index contributed by atoms with van der Waals surface area (Å²) in [7, 11) is 8.75. The number of amides is 3. The maximum atomic E-state index is 13.1. The number of aromatic nitrogens is 4.